The third-order valence-corrected chi connectivity index (χ3v) is 5.58. The zero-order valence-electron chi connectivity index (χ0n) is 14.1. The van der Waals surface area contributed by atoms with E-state index in [-0.39, 0.29) is 29.4 Å². The quantitative estimate of drug-likeness (QED) is 0.766. The van der Waals surface area contributed by atoms with E-state index in [4.69, 9.17) is 10.5 Å². The van der Waals surface area contributed by atoms with Crippen molar-refractivity contribution in [3.8, 4) is 0 Å². The summed E-state index contributed by atoms with van der Waals surface area (Å²) in [5.41, 5.74) is 5.99. The third kappa shape index (κ3) is 3.42. The van der Waals surface area contributed by atoms with Gasteiger partial charge >= 0.3 is 0 Å². The van der Waals surface area contributed by atoms with Gasteiger partial charge in [-0.3, -0.25) is 4.79 Å². The van der Waals surface area contributed by atoms with Gasteiger partial charge in [-0.2, -0.15) is 0 Å². The van der Waals surface area contributed by atoms with Gasteiger partial charge in [-0.1, -0.05) is 27.2 Å². The average Bonchev–Trinajstić information content (AvgIpc) is 2.87. The van der Waals surface area contributed by atoms with Crippen molar-refractivity contribution >= 4 is 5.91 Å². The second-order valence-corrected chi connectivity index (χ2v) is 7.51. The normalized spacial score (nSPS) is 34.5. The van der Waals surface area contributed by atoms with Crippen LogP contribution >= 0.6 is 0 Å². The van der Waals surface area contributed by atoms with Crippen LogP contribution in [0.4, 0.5) is 0 Å². The van der Waals surface area contributed by atoms with Crippen LogP contribution in [0, 0.1) is 11.3 Å². The number of nitrogens with zero attached hydrogens (tertiary/aromatic N) is 1. The van der Waals surface area contributed by atoms with Crippen molar-refractivity contribution in [2.24, 2.45) is 17.1 Å². The highest BCUT2D eigenvalue weighted by Gasteiger charge is 2.52. The van der Waals surface area contributed by atoms with Crippen LogP contribution in [0.25, 0.3) is 0 Å². The second-order valence-electron chi connectivity index (χ2n) is 7.51. The Labute approximate surface area is 129 Å². The predicted octanol–water partition coefficient (Wildman–Crippen LogP) is 2.56. The summed E-state index contributed by atoms with van der Waals surface area (Å²) in [6.07, 6.45) is 6.33. The maximum absolute atomic E-state index is 12.6. The fraction of sp³-hybridized carbons (Fsp3) is 0.941. The van der Waals surface area contributed by atoms with Gasteiger partial charge in [-0.25, -0.2) is 0 Å². The predicted molar refractivity (Wildman–Crippen MR) is 84.9 cm³/mol. The van der Waals surface area contributed by atoms with Gasteiger partial charge in [0, 0.05) is 37.1 Å². The van der Waals surface area contributed by atoms with E-state index in [1.54, 1.807) is 0 Å². The Morgan fingerprint density at radius 3 is 2.57 bits per heavy atom. The van der Waals surface area contributed by atoms with Crippen LogP contribution in [0.3, 0.4) is 0 Å². The SMILES string of the molecule is CCCCOC1CC(N(C)C(=O)C2CCC(N)C2)C1(C)C. The summed E-state index contributed by atoms with van der Waals surface area (Å²) in [6.45, 7) is 7.47. The van der Waals surface area contributed by atoms with Gasteiger partial charge in [0.05, 0.1) is 6.10 Å². The summed E-state index contributed by atoms with van der Waals surface area (Å²) in [5, 5.41) is 0. The van der Waals surface area contributed by atoms with E-state index < -0.39 is 0 Å². The fourth-order valence-electron chi connectivity index (χ4n) is 3.86. The number of unbranched alkanes of at least 4 members (excludes halogenated alkanes) is 1. The standard InChI is InChI=1S/C17H32N2O2/c1-5-6-9-21-15-11-14(17(15,2)3)19(4)16(20)12-7-8-13(18)10-12/h12-15H,5-11,18H2,1-4H3. The number of rotatable bonds is 6. The molecule has 0 aliphatic heterocycles. The fourth-order valence-corrected chi connectivity index (χ4v) is 3.86. The van der Waals surface area contributed by atoms with Crippen LogP contribution in [0.2, 0.25) is 0 Å². The molecule has 122 valence electrons. The minimum Gasteiger partial charge on any atom is -0.378 e. The number of carbonyl (C=O) groups is 1. The van der Waals surface area contributed by atoms with Crippen molar-refractivity contribution in [2.45, 2.75) is 77.5 Å². The molecule has 0 aromatic rings. The highest BCUT2D eigenvalue weighted by Crippen LogP contribution is 2.46. The number of hydrogen-bond donors (Lipinski definition) is 1. The Hall–Kier alpha value is -0.610. The van der Waals surface area contributed by atoms with Crippen LogP contribution < -0.4 is 5.73 Å². The Balaban J connectivity index is 1.86. The summed E-state index contributed by atoms with van der Waals surface area (Å²) < 4.78 is 5.98. The molecule has 0 aromatic carbocycles. The molecule has 2 N–H and O–H groups in total. The second kappa shape index (κ2) is 6.66. The zero-order valence-corrected chi connectivity index (χ0v) is 14.1. The molecule has 4 heteroatoms. The van der Waals surface area contributed by atoms with E-state index in [2.05, 4.69) is 20.8 Å². The van der Waals surface area contributed by atoms with Crippen molar-refractivity contribution in [1.29, 1.82) is 0 Å². The van der Waals surface area contributed by atoms with Crippen LogP contribution in [-0.4, -0.2) is 42.6 Å². The summed E-state index contributed by atoms with van der Waals surface area (Å²) >= 11 is 0. The van der Waals surface area contributed by atoms with Crippen molar-refractivity contribution in [2.75, 3.05) is 13.7 Å². The number of carbonyl (C=O) groups excluding carboxylic acids is 1. The van der Waals surface area contributed by atoms with Gasteiger partial charge in [0.25, 0.3) is 0 Å². The first-order chi connectivity index (χ1) is 9.87. The molecule has 2 saturated carbocycles. The molecule has 2 aliphatic rings. The molecule has 21 heavy (non-hydrogen) atoms. The van der Waals surface area contributed by atoms with Gasteiger partial charge in [-0.15, -0.1) is 0 Å². The highest BCUT2D eigenvalue weighted by molar-refractivity contribution is 5.79. The Morgan fingerprint density at radius 1 is 1.33 bits per heavy atom. The Bertz CT molecular complexity index is 370. The maximum Gasteiger partial charge on any atom is 0.225 e. The number of amides is 1. The zero-order chi connectivity index (χ0) is 15.6. The molecule has 1 amide bonds. The van der Waals surface area contributed by atoms with E-state index in [9.17, 15) is 4.79 Å². The van der Waals surface area contributed by atoms with Crippen LogP contribution in [0.15, 0.2) is 0 Å². The molecule has 0 heterocycles. The van der Waals surface area contributed by atoms with E-state index in [0.29, 0.717) is 6.04 Å². The van der Waals surface area contributed by atoms with Crippen LogP contribution in [0.5, 0.6) is 0 Å². The van der Waals surface area contributed by atoms with Crippen molar-refractivity contribution in [3.63, 3.8) is 0 Å². The monoisotopic (exact) mass is 296 g/mol. The van der Waals surface area contributed by atoms with Gasteiger partial charge in [0.1, 0.15) is 0 Å². The topological polar surface area (TPSA) is 55.6 Å². The molecule has 0 bridgehead atoms. The van der Waals surface area contributed by atoms with Crippen molar-refractivity contribution < 1.29 is 9.53 Å². The average molecular weight is 296 g/mol. The number of hydrogen-bond acceptors (Lipinski definition) is 3. The molecule has 4 unspecified atom stereocenters. The van der Waals surface area contributed by atoms with E-state index >= 15 is 0 Å². The lowest BCUT2D eigenvalue weighted by Gasteiger charge is -2.55. The van der Waals surface area contributed by atoms with Crippen molar-refractivity contribution in [3.05, 3.63) is 0 Å². The summed E-state index contributed by atoms with van der Waals surface area (Å²) in [7, 11) is 1.96. The maximum atomic E-state index is 12.6. The number of ether oxygens (including phenoxy) is 1. The van der Waals surface area contributed by atoms with Crippen LogP contribution in [0.1, 0.15) is 59.3 Å². The molecule has 0 aromatic heterocycles. The minimum atomic E-state index is 0.0544. The van der Waals surface area contributed by atoms with E-state index in [0.717, 1.165) is 45.1 Å². The first kappa shape index (κ1) is 16.8. The van der Waals surface area contributed by atoms with Crippen LogP contribution in [-0.2, 0) is 9.53 Å². The Morgan fingerprint density at radius 2 is 2.05 bits per heavy atom. The largest absolute Gasteiger partial charge is 0.378 e. The molecule has 4 nitrogen and oxygen atoms in total. The van der Waals surface area contributed by atoms with Gasteiger partial charge in [-0.05, 0) is 32.1 Å². The minimum absolute atomic E-state index is 0.0544. The smallest absolute Gasteiger partial charge is 0.225 e. The van der Waals surface area contributed by atoms with Gasteiger partial charge in [0.2, 0.25) is 5.91 Å². The van der Waals surface area contributed by atoms with E-state index in [1.165, 1.54) is 0 Å². The molecule has 2 aliphatic carbocycles. The third-order valence-electron chi connectivity index (χ3n) is 5.58. The van der Waals surface area contributed by atoms with Crippen molar-refractivity contribution in [1.82, 2.24) is 4.90 Å². The Kier molecular flexibility index (Phi) is 5.31. The molecular formula is C17H32N2O2. The van der Waals surface area contributed by atoms with Gasteiger partial charge in [0.15, 0.2) is 0 Å². The molecule has 0 saturated heterocycles. The molecule has 2 fully saturated rings. The van der Waals surface area contributed by atoms with Gasteiger partial charge < -0.3 is 15.4 Å². The van der Waals surface area contributed by atoms with E-state index in [1.807, 2.05) is 11.9 Å². The summed E-state index contributed by atoms with van der Waals surface area (Å²) in [4.78, 5) is 14.6. The summed E-state index contributed by atoms with van der Waals surface area (Å²) in [6, 6.07) is 0.514. The first-order valence-corrected chi connectivity index (χ1v) is 8.51. The molecule has 2 rings (SSSR count). The lowest BCUT2D eigenvalue weighted by Crippen LogP contribution is -2.63. The summed E-state index contributed by atoms with van der Waals surface area (Å²) in [5.74, 6) is 0.425. The lowest BCUT2D eigenvalue weighted by atomic mass is 9.63. The highest BCUT2D eigenvalue weighted by atomic mass is 16.5. The molecule has 0 spiro atoms. The molecule has 0 radical (unpaired) electrons. The lowest BCUT2D eigenvalue weighted by molar-refractivity contribution is -0.167. The number of nitrogens with two attached hydrogens (primary N) is 1. The first-order valence-electron chi connectivity index (χ1n) is 8.51. The molecular weight excluding hydrogens is 264 g/mol. The molecule has 4 atom stereocenters.